The Kier molecular flexibility index (Phi) is 2.21. The van der Waals surface area contributed by atoms with Crippen molar-refractivity contribution >= 4 is 0 Å². The molecule has 0 aromatic heterocycles. The van der Waals surface area contributed by atoms with Crippen LogP contribution in [0.1, 0.15) is 32.1 Å². The van der Waals surface area contributed by atoms with Gasteiger partial charge in [0.2, 0.25) is 0 Å². The van der Waals surface area contributed by atoms with Gasteiger partial charge in [0.1, 0.15) is 11.7 Å². The lowest BCUT2D eigenvalue weighted by Crippen LogP contribution is -2.57. The largest absolute Gasteiger partial charge is 0.386 e. The highest BCUT2D eigenvalue weighted by atomic mass is 16.5. The molecule has 3 heteroatoms. The van der Waals surface area contributed by atoms with Gasteiger partial charge in [-0.15, -0.1) is 0 Å². The van der Waals surface area contributed by atoms with Gasteiger partial charge in [0, 0.05) is 13.5 Å². The molecule has 0 heterocycles. The van der Waals surface area contributed by atoms with Crippen molar-refractivity contribution in [3.05, 3.63) is 12.2 Å². The molecular formula is C11H18O3. The van der Waals surface area contributed by atoms with E-state index in [1.807, 2.05) is 0 Å². The molecule has 0 saturated heterocycles. The molecule has 3 atom stereocenters. The van der Waals surface area contributed by atoms with E-state index < -0.39 is 17.3 Å². The number of hydrogen-bond donors (Lipinski definition) is 2. The van der Waals surface area contributed by atoms with Crippen LogP contribution in [-0.2, 0) is 4.74 Å². The molecule has 2 saturated carbocycles. The minimum atomic E-state index is -1.10. The Hall–Kier alpha value is -0.380. The van der Waals surface area contributed by atoms with Gasteiger partial charge in [0.05, 0.1) is 5.60 Å². The van der Waals surface area contributed by atoms with Crippen molar-refractivity contribution in [2.45, 2.75) is 49.4 Å². The lowest BCUT2D eigenvalue weighted by Gasteiger charge is -2.43. The third kappa shape index (κ3) is 1.09. The molecule has 14 heavy (non-hydrogen) atoms. The van der Waals surface area contributed by atoms with Crippen molar-refractivity contribution in [2.24, 2.45) is 0 Å². The molecule has 2 N–H and O–H groups in total. The van der Waals surface area contributed by atoms with Crippen LogP contribution < -0.4 is 0 Å². The van der Waals surface area contributed by atoms with Crippen LogP contribution in [0.3, 0.4) is 0 Å². The fourth-order valence-electron chi connectivity index (χ4n) is 3.05. The number of ether oxygens (including phenoxy) is 1. The number of aliphatic hydroxyl groups is 2. The van der Waals surface area contributed by atoms with E-state index >= 15 is 0 Å². The fraction of sp³-hybridized carbons (Fsp3) is 0.818. The maximum atomic E-state index is 10.5. The zero-order chi connectivity index (χ0) is 10.4. The monoisotopic (exact) mass is 198 g/mol. The average Bonchev–Trinajstić information content (AvgIpc) is 2.31. The molecule has 0 aromatic carbocycles. The molecule has 0 aliphatic heterocycles. The lowest BCUT2D eigenvalue weighted by atomic mass is 9.73. The van der Waals surface area contributed by atoms with Crippen LogP contribution in [0.25, 0.3) is 0 Å². The van der Waals surface area contributed by atoms with E-state index in [4.69, 9.17) is 4.74 Å². The molecule has 2 aliphatic carbocycles. The van der Waals surface area contributed by atoms with E-state index in [2.05, 4.69) is 6.58 Å². The van der Waals surface area contributed by atoms with E-state index in [1.165, 1.54) is 0 Å². The third-order valence-electron chi connectivity index (χ3n) is 3.76. The van der Waals surface area contributed by atoms with E-state index in [-0.39, 0.29) is 0 Å². The summed E-state index contributed by atoms with van der Waals surface area (Å²) < 4.78 is 5.25. The summed E-state index contributed by atoms with van der Waals surface area (Å²) in [6.07, 6.45) is 3.27. The Morgan fingerprint density at radius 2 is 2.00 bits per heavy atom. The zero-order valence-corrected chi connectivity index (χ0v) is 8.62. The van der Waals surface area contributed by atoms with Gasteiger partial charge in [-0.3, -0.25) is 0 Å². The predicted octanol–water partition coefficient (Wildman–Crippen LogP) is 0.997. The van der Waals surface area contributed by atoms with Crippen molar-refractivity contribution in [3.8, 4) is 0 Å². The number of hydrogen-bond acceptors (Lipinski definition) is 3. The summed E-state index contributed by atoms with van der Waals surface area (Å²) in [5, 5.41) is 20.8. The Labute approximate surface area is 84.4 Å². The molecule has 80 valence electrons. The molecule has 0 bridgehead atoms. The standard InChI is InChI=1S/C11H18O3/c1-8-7-10(12)5-3-4-6-11(10,13)9(8)14-2/h9,12-13H,1,3-7H2,2H3/t9-,10+,11-/m0/s1. The van der Waals surface area contributed by atoms with Crippen molar-refractivity contribution in [1.82, 2.24) is 0 Å². The van der Waals surface area contributed by atoms with E-state index in [0.717, 1.165) is 18.4 Å². The first-order chi connectivity index (χ1) is 6.53. The van der Waals surface area contributed by atoms with Gasteiger partial charge in [-0.2, -0.15) is 0 Å². The average molecular weight is 198 g/mol. The molecule has 3 nitrogen and oxygen atoms in total. The van der Waals surface area contributed by atoms with Crippen LogP contribution in [0.4, 0.5) is 0 Å². The summed E-state index contributed by atoms with van der Waals surface area (Å²) in [7, 11) is 1.56. The topological polar surface area (TPSA) is 49.7 Å². The summed E-state index contributed by atoms with van der Waals surface area (Å²) >= 11 is 0. The molecule has 0 radical (unpaired) electrons. The van der Waals surface area contributed by atoms with Gasteiger partial charge >= 0.3 is 0 Å². The van der Waals surface area contributed by atoms with Crippen molar-refractivity contribution < 1.29 is 14.9 Å². The Bertz CT molecular complexity index is 263. The van der Waals surface area contributed by atoms with Gasteiger partial charge in [0.15, 0.2) is 0 Å². The molecule has 0 spiro atoms. The first kappa shape index (κ1) is 10.1. The highest BCUT2D eigenvalue weighted by molar-refractivity contribution is 5.28. The van der Waals surface area contributed by atoms with Crippen molar-refractivity contribution in [1.29, 1.82) is 0 Å². The summed E-state index contributed by atoms with van der Waals surface area (Å²) in [5.74, 6) is 0. The van der Waals surface area contributed by atoms with Gasteiger partial charge < -0.3 is 14.9 Å². The van der Waals surface area contributed by atoms with Crippen LogP contribution in [-0.4, -0.2) is 34.6 Å². The number of fused-ring (bicyclic) bond motifs is 1. The molecule has 2 fully saturated rings. The highest BCUT2D eigenvalue weighted by Crippen LogP contribution is 2.51. The molecule has 0 aromatic rings. The normalized spacial score (nSPS) is 47.9. The minimum Gasteiger partial charge on any atom is -0.386 e. The quantitative estimate of drug-likeness (QED) is 0.618. The Balaban J connectivity index is 2.36. The summed E-state index contributed by atoms with van der Waals surface area (Å²) in [6.45, 7) is 3.88. The molecular weight excluding hydrogens is 180 g/mol. The lowest BCUT2D eigenvalue weighted by molar-refractivity contribution is -0.192. The zero-order valence-electron chi connectivity index (χ0n) is 8.62. The van der Waals surface area contributed by atoms with Gasteiger partial charge in [0.25, 0.3) is 0 Å². The number of methoxy groups -OCH3 is 1. The second-order valence-corrected chi connectivity index (χ2v) is 4.61. The second kappa shape index (κ2) is 3.05. The molecule has 2 aliphatic rings. The molecule has 0 unspecified atom stereocenters. The van der Waals surface area contributed by atoms with Gasteiger partial charge in [-0.25, -0.2) is 0 Å². The SMILES string of the molecule is C=C1C[C@]2(O)CCCC[C@]2(O)[C@H]1OC. The summed E-state index contributed by atoms with van der Waals surface area (Å²) in [6, 6.07) is 0. The molecule has 0 amide bonds. The van der Waals surface area contributed by atoms with Crippen LogP contribution in [0, 0.1) is 0 Å². The van der Waals surface area contributed by atoms with E-state index in [1.54, 1.807) is 7.11 Å². The maximum Gasteiger partial charge on any atom is 0.123 e. The summed E-state index contributed by atoms with van der Waals surface area (Å²) in [5.41, 5.74) is -1.28. The first-order valence-corrected chi connectivity index (χ1v) is 5.19. The van der Waals surface area contributed by atoms with Crippen LogP contribution >= 0.6 is 0 Å². The first-order valence-electron chi connectivity index (χ1n) is 5.19. The van der Waals surface area contributed by atoms with Gasteiger partial charge in [-0.1, -0.05) is 19.4 Å². The van der Waals surface area contributed by atoms with E-state index in [9.17, 15) is 10.2 Å². The van der Waals surface area contributed by atoms with Crippen LogP contribution in [0.5, 0.6) is 0 Å². The number of rotatable bonds is 1. The van der Waals surface area contributed by atoms with Crippen molar-refractivity contribution in [3.63, 3.8) is 0 Å². The van der Waals surface area contributed by atoms with Crippen molar-refractivity contribution in [2.75, 3.05) is 7.11 Å². The second-order valence-electron chi connectivity index (χ2n) is 4.61. The fourth-order valence-corrected chi connectivity index (χ4v) is 3.05. The molecule has 2 rings (SSSR count). The Morgan fingerprint density at radius 1 is 1.36 bits per heavy atom. The maximum absolute atomic E-state index is 10.5. The Morgan fingerprint density at radius 3 is 2.64 bits per heavy atom. The van der Waals surface area contributed by atoms with Gasteiger partial charge in [-0.05, 0) is 18.4 Å². The smallest absolute Gasteiger partial charge is 0.123 e. The predicted molar refractivity (Wildman–Crippen MR) is 52.9 cm³/mol. The highest BCUT2D eigenvalue weighted by Gasteiger charge is 2.61. The summed E-state index contributed by atoms with van der Waals surface area (Å²) in [4.78, 5) is 0. The van der Waals surface area contributed by atoms with Crippen LogP contribution in [0.15, 0.2) is 12.2 Å². The van der Waals surface area contributed by atoms with Crippen LogP contribution in [0.2, 0.25) is 0 Å². The third-order valence-corrected chi connectivity index (χ3v) is 3.76. The van der Waals surface area contributed by atoms with E-state index in [0.29, 0.717) is 19.3 Å². The minimum absolute atomic E-state index is 0.396.